The molecule has 2 N–H and O–H groups in total. The van der Waals surface area contributed by atoms with Gasteiger partial charge in [-0.25, -0.2) is 5.01 Å². The minimum absolute atomic E-state index is 0.00739. The number of hydrogen-bond acceptors (Lipinski definition) is 3. The summed E-state index contributed by atoms with van der Waals surface area (Å²) in [6.45, 7) is 7.61. The summed E-state index contributed by atoms with van der Waals surface area (Å²) in [6.07, 6.45) is 1.66. The molecule has 1 fully saturated rings. The first-order valence-corrected chi connectivity index (χ1v) is 5.64. The molecule has 4 nitrogen and oxygen atoms in total. The molecule has 0 radical (unpaired) electrons. The third-order valence-corrected chi connectivity index (χ3v) is 3.21. The number of nitrogens with two attached hydrogens (primary N) is 1. The van der Waals surface area contributed by atoms with Gasteiger partial charge in [0.05, 0.1) is 0 Å². The number of hydrazine groups is 1. The van der Waals surface area contributed by atoms with Gasteiger partial charge in [-0.2, -0.15) is 0 Å². The molecular formula is C11H23N3O. The average molecular weight is 213 g/mol. The van der Waals surface area contributed by atoms with Crippen molar-refractivity contribution in [2.45, 2.75) is 39.7 Å². The Morgan fingerprint density at radius 2 is 2.13 bits per heavy atom. The van der Waals surface area contributed by atoms with E-state index in [9.17, 15) is 4.79 Å². The van der Waals surface area contributed by atoms with Crippen LogP contribution in [0.1, 0.15) is 33.6 Å². The zero-order valence-corrected chi connectivity index (χ0v) is 10.3. The normalized spacial score (nSPS) is 23.9. The molecule has 1 heterocycles. The predicted molar refractivity (Wildman–Crippen MR) is 61.0 cm³/mol. The summed E-state index contributed by atoms with van der Waals surface area (Å²) in [5.74, 6) is 0.228. The van der Waals surface area contributed by atoms with Crippen LogP contribution in [0.2, 0.25) is 0 Å². The highest BCUT2D eigenvalue weighted by Crippen LogP contribution is 2.24. The van der Waals surface area contributed by atoms with Crippen molar-refractivity contribution in [3.8, 4) is 0 Å². The van der Waals surface area contributed by atoms with Gasteiger partial charge in [0.25, 0.3) is 0 Å². The standard InChI is InChI=1S/C11H23N3O/c1-5-9-6-10(15)14(13(9)4)8-11(2,3)7-12/h9H,5-8,12H2,1-4H3. The molecular weight excluding hydrogens is 190 g/mol. The largest absolute Gasteiger partial charge is 0.330 e. The zero-order chi connectivity index (χ0) is 11.6. The molecule has 0 aromatic heterocycles. The molecule has 1 aliphatic heterocycles. The fourth-order valence-corrected chi connectivity index (χ4v) is 1.89. The van der Waals surface area contributed by atoms with Crippen LogP contribution >= 0.6 is 0 Å². The van der Waals surface area contributed by atoms with Gasteiger partial charge in [0.2, 0.25) is 5.91 Å². The molecule has 1 aliphatic rings. The first kappa shape index (κ1) is 12.5. The van der Waals surface area contributed by atoms with E-state index in [0.29, 0.717) is 19.0 Å². The van der Waals surface area contributed by atoms with Crippen molar-refractivity contribution in [1.82, 2.24) is 10.0 Å². The lowest BCUT2D eigenvalue weighted by Gasteiger charge is -2.34. The topological polar surface area (TPSA) is 49.6 Å². The highest BCUT2D eigenvalue weighted by atomic mass is 16.2. The Balaban J connectivity index is 2.66. The maximum atomic E-state index is 11.8. The molecule has 1 saturated heterocycles. The van der Waals surface area contributed by atoms with E-state index in [4.69, 9.17) is 5.73 Å². The van der Waals surface area contributed by atoms with Crippen LogP contribution < -0.4 is 5.73 Å². The molecule has 4 heteroatoms. The van der Waals surface area contributed by atoms with Crippen molar-refractivity contribution in [2.75, 3.05) is 20.1 Å². The maximum absolute atomic E-state index is 11.8. The van der Waals surface area contributed by atoms with E-state index in [1.54, 1.807) is 0 Å². The SMILES string of the molecule is CCC1CC(=O)N(CC(C)(C)CN)N1C. The molecule has 0 aromatic rings. The zero-order valence-electron chi connectivity index (χ0n) is 10.3. The van der Waals surface area contributed by atoms with Crippen LogP contribution in [0.4, 0.5) is 0 Å². The summed E-state index contributed by atoms with van der Waals surface area (Å²) in [5, 5.41) is 3.92. The Hall–Kier alpha value is -0.610. The van der Waals surface area contributed by atoms with Crippen molar-refractivity contribution in [1.29, 1.82) is 0 Å². The summed E-state index contributed by atoms with van der Waals surface area (Å²) in [6, 6.07) is 0.367. The lowest BCUT2D eigenvalue weighted by atomic mass is 9.94. The van der Waals surface area contributed by atoms with Gasteiger partial charge in [-0.05, 0) is 18.4 Å². The molecule has 1 amide bonds. The summed E-state index contributed by atoms with van der Waals surface area (Å²) in [5.41, 5.74) is 5.68. The van der Waals surface area contributed by atoms with Gasteiger partial charge in [0.15, 0.2) is 0 Å². The van der Waals surface area contributed by atoms with Gasteiger partial charge < -0.3 is 5.73 Å². The summed E-state index contributed by atoms with van der Waals surface area (Å²) in [4.78, 5) is 11.8. The van der Waals surface area contributed by atoms with Crippen LogP contribution in [-0.2, 0) is 4.79 Å². The van der Waals surface area contributed by atoms with Gasteiger partial charge >= 0.3 is 0 Å². The molecule has 0 spiro atoms. The van der Waals surface area contributed by atoms with Crippen LogP contribution in [0.15, 0.2) is 0 Å². The summed E-state index contributed by atoms with van der Waals surface area (Å²) < 4.78 is 0. The molecule has 0 aromatic carbocycles. The summed E-state index contributed by atoms with van der Waals surface area (Å²) >= 11 is 0. The third kappa shape index (κ3) is 2.69. The van der Waals surface area contributed by atoms with Gasteiger partial charge in [0, 0.05) is 26.1 Å². The van der Waals surface area contributed by atoms with Crippen molar-refractivity contribution in [3.63, 3.8) is 0 Å². The Morgan fingerprint density at radius 3 is 2.53 bits per heavy atom. The molecule has 1 rings (SSSR count). The van der Waals surface area contributed by atoms with Gasteiger partial charge in [0.1, 0.15) is 0 Å². The van der Waals surface area contributed by atoms with Gasteiger partial charge in [-0.3, -0.25) is 9.80 Å². The Labute approximate surface area is 92.4 Å². The highest BCUT2D eigenvalue weighted by Gasteiger charge is 2.36. The number of carbonyl (C=O) groups excluding carboxylic acids is 1. The fourth-order valence-electron chi connectivity index (χ4n) is 1.89. The van der Waals surface area contributed by atoms with E-state index in [1.165, 1.54) is 0 Å². The smallest absolute Gasteiger partial charge is 0.238 e. The quantitative estimate of drug-likeness (QED) is 0.752. The van der Waals surface area contributed by atoms with Crippen LogP contribution in [-0.4, -0.2) is 42.1 Å². The molecule has 1 atom stereocenters. The molecule has 0 saturated carbocycles. The number of amides is 1. The third-order valence-electron chi connectivity index (χ3n) is 3.21. The van der Waals surface area contributed by atoms with E-state index >= 15 is 0 Å². The Morgan fingerprint density at radius 1 is 1.53 bits per heavy atom. The number of rotatable bonds is 4. The molecule has 15 heavy (non-hydrogen) atoms. The Bertz CT molecular complexity index is 240. The van der Waals surface area contributed by atoms with E-state index in [2.05, 4.69) is 25.8 Å². The van der Waals surface area contributed by atoms with Crippen LogP contribution in [0.5, 0.6) is 0 Å². The summed E-state index contributed by atoms with van der Waals surface area (Å²) in [7, 11) is 1.99. The average Bonchev–Trinajstić information content (AvgIpc) is 2.45. The van der Waals surface area contributed by atoms with Crippen molar-refractivity contribution in [3.05, 3.63) is 0 Å². The van der Waals surface area contributed by atoms with Gasteiger partial charge in [-0.1, -0.05) is 20.8 Å². The van der Waals surface area contributed by atoms with E-state index in [-0.39, 0.29) is 11.3 Å². The number of hydrogen-bond donors (Lipinski definition) is 1. The van der Waals surface area contributed by atoms with Crippen LogP contribution in [0.25, 0.3) is 0 Å². The van der Waals surface area contributed by atoms with Crippen molar-refractivity contribution < 1.29 is 4.79 Å². The van der Waals surface area contributed by atoms with E-state index < -0.39 is 0 Å². The fraction of sp³-hybridized carbons (Fsp3) is 0.909. The molecule has 88 valence electrons. The van der Waals surface area contributed by atoms with E-state index in [0.717, 1.165) is 13.0 Å². The maximum Gasteiger partial charge on any atom is 0.238 e. The first-order valence-electron chi connectivity index (χ1n) is 5.64. The van der Waals surface area contributed by atoms with Crippen LogP contribution in [0.3, 0.4) is 0 Å². The lowest BCUT2D eigenvalue weighted by molar-refractivity contribution is -0.139. The van der Waals surface area contributed by atoms with Crippen molar-refractivity contribution in [2.24, 2.45) is 11.1 Å². The minimum atomic E-state index is -0.00739. The number of carbonyl (C=O) groups is 1. The van der Waals surface area contributed by atoms with E-state index in [1.807, 2.05) is 12.1 Å². The lowest BCUT2D eigenvalue weighted by Crippen LogP contribution is -2.46. The minimum Gasteiger partial charge on any atom is -0.330 e. The molecule has 0 aliphatic carbocycles. The van der Waals surface area contributed by atoms with Gasteiger partial charge in [-0.15, -0.1) is 0 Å². The molecule has 0 bridgehead atoms. The second-order valence-corrected chi connectivity index (χ2v) is 5.16. The second-order valence-electron chi connectivity index (χ2n) is 5.16. The monoisotopic (exact) mass is 213 g/mol. The van der Waals surface area contributed by atoms with Crippen LogP contribution in [0, 0.1) is 5.41 Å². The second kappa shape index (κ2) is 4.49. The molecule has 1 unspecified atom stereocenters. The number of nitrogens with zero attached hydrogens (tertiary/aromatic N) is 2. The highest BCUT2D eigenvalue weighted by molar-refractivity contribution is 5.78. The Kier molecular flexibility index (Phi) is 3.73. The predicted octanol–water partition coefficient (Wildman–Crippen LogP) is 0.829. The first-order chi connectivity index (χ1) is 6.91. The van der Waals surface area contributed by atoms with Crippen molar-refractivity contribution >= 4 is 5.91 Å².